The third-order valence-electron chi connectivity index (χ3n) is 5.58. The molecular formula is C23H29N3O7S. The Bertz CT molecular complexity index is 1180. The molecule has 0 bridgehead atoms. The molecule has 3 rings (SSSR count). The molecule has 1 aliphatic carbocycles. The number of sulfonamides is 1. The summed E-state index contributed by atoms with van der Waals surface area (Å²) in [6, 6.07) is 5.23. The lowest BCUT2D eigenvalue weighted by molar-refractivity contribution is -0.384. The van der Waals surface area contributed by atoms with Crippen LogP contribution < -0.4 is 10.0 Å². The number of hydrogen-bond acceptors (Lipinski definition) is 8. The van der Waals surface area contributed by atoms with Crippen LogP contribution in [0.5, 0.6) is 0 Å². The fourth-order valence-electron chi connectivity index (χ4n) is 3.99. The summed E-state index contributed by atoms with van der Waals surface area (Å²) in [6.07, 6.45) is 1.95. The fraction of sp³-hybridized carbons (Fsp3) is 0.478. The number of Topliss-reactive ketones (excluding diaryl/α,β-unsaturated/α-hetero) is 1. The molecule has 0 amide bonds. The molecule has 34 heavy (non-hydrogen) atoms. The van der Waals surface area contributed by atoms with Gasteiger partial charge in [-0.3, -0.25) is 14.9 Å². The van der Waals surface area contributed by atoms with E-state index < -0.39 is 44.4 Å². The van der Waals surface area contributed by atoms with Crippen LogP contribution >= 0.6 is 0 Å². The first-order valence-electron chi connectivity index (χ1n) is 11.0. The van der Waals surface area contributed by atoms with E-state index >= 15 is 0 Å². The van der Waals surface area contributed by atoms with Gasteiger partial charge in [0.1, 0.15) is 5.75 Å². The summed E-state index contributed by atoms with van der Waals surface area (Å²) in [5, 5.41) is 14.4. The van der Waals surface area contributed by atoms with Gasteiger partial charge in [-0.25, -0.2) is 17.9 Å². The number of ether oxygens (including phenoxy) is 1. The van der Waals surface area contributed by atoms with E-state index in [2.05, 4.69) is 10.0 Å². The second kappa shape index (κ2) is 10.1. The van der Waals surface area contributed by atoms with Crippen molar-refractivity contribution in [1.29, 1.82) is 0 Å². The average Bonchev–Trinajstić information content (AvgIpc) is 3.54. The van der Waals surface area contributed by atoms with Crippen LogP contribution in [0.2, 0.25) is 0 Å². The van der Waals surface area contributed by atoms with Crippen molar-refractivity contribution >= 4 is 27.5 Å². The zero-order valence-corrected chi connectivity index (χ0v) is 20.4. The van der Waals surface area contributed by atoms with Crippen molar-refractivity contribution in [3.8, 4) is 0 Å². The summed E-state index contributed by atoms with van der Waals surface area (Å²) < 4.78 is 32.8. The molecule has 2 N–H and O–H groups in total. The molecule has 2 aliphatic rings. The largest absolute Gasteiger partial charge is 0.462 e. The minimum Gasteiger partial charge on any atom is -0.462 e. The molecule has 1 saturated carbocycles. The quantitative estimate of drug-likeness (QED) is 0.289. The van der Waals surface area contributed by atoms with E-state index in [1.807, 2.05) is 0 Å². The van der Waals surface area contributed by atoms with E-state index in [0.29, 0.717) is 22.9 Å². The van der Waals surface area contributed by atoms with Gasteiger partial charge in [-0.2, -0.15) is 0 Å². The summed E-state index contributed by atoms with van der Waals surface area (Å²) >= 11 is 0. The van der Waals surface area contributed by atoms with Crippen molar-refractivity contribution in [3.05, 3.63) is 62.5 Å². The Labute approximate surface area is 198 Å². The Morgan fingerprint density at radius 2 is 1.85 bits per heavy atom. The topological polar surface area (TPSA) is 145 Å². The highest BCUT2D eigenvalue weighted by atomic mass is 32.2. The molecule has 1 atom stereocenters. The van der Waals surface area contributed by atoms with Gasteiger partial charge < -0.3 is 10.1 Å². The van der Waals surface area contributed by atoms with Gasteiger partial charge in [0.25, 0.3) is 5.69 Å². The number of nitro benzene ring substituents is 1. The standard InChI is InChI=1S/C23H29N3O7S/c1-13(2)25-34(31,32)12-19(27)20-14(3)24-15(4)21(23(28)33-11-16-8-9-16)22(20)17-6-5-7-18(10-17)26(29)30/h5-7,10,13,16,22,24-25H,8-9,11-12H2,1-4H3. The lowest BCUT2D eigenvalue weighted by Gasteiger charge is -2.31. The predicted molar refractivity (Wildman–Crippen MR) is 125 cm³/mol. The molecule has 0 saturated heterocycles. The van der Waals surface area contributed by atoms with Crippen LogP contribution in [0, 0.1) is 16.0 Å². The van der Waals surface area contributed by atoms with Crippen molar-refractivity contribution in [1.82, 2.24) is 10.0 Å². The van der Waals surface area contributed by atoms with Gasteiger partial charge in [-0.15, -0.1) is 0 Å². The van der Waals surface area contributed by atoms with Crippen molar-refractivity contribution in [2.45, 2.75) is 52.5 Å². The number of rotatable bonds is 10. The van der Waals surface area contributed by atoms with Gasteiger partial charge in [-0.05, 0) is 52.0 Å². The number of carbonyl (C=O) groups is 2. The third kappa shape index (κ3) is 6.09. The Morgan fingerprint density at radius 3 is 2.44 bits per heavy atom. The maximum Gasteiger partial charge on any atom is 0.336 e. The summed E-state index contributed by atoms with van der Waals surface area (Å²) in [6.45, 7) is 6.78. The molecule has 10 nitrogen and oxygen atoms in total. The van der Waals surface area contributed by atoms with Gasteiger partial charge in [0.2, 0.25) is 10.0 Å². The number of benzene rings is 1. The van der Waals surface area contributed by atoms with Crippen LogP contribution in [0.4, 0.5) is 5.69 Å². The number of allylic oxidation sites excluding steroid dienone is 3. The first-order valence-corrected chi connectivity index (χ1v) is 12.7. The van der Waals surface area contributed by atoms with Gasteiger partial charge in [0, 0.05) is 41.1 Å². The monoisotopic (exact) mass is 491 g/mol. The zero-order valence-electron chi connectivity index (χ0n) is 19.6. The van der Waals surface area contributed by atoms with Crippen molar-refractivity contribution in [3.63, 3.8) is 0 Å². The summed E-state index contributed by atoms with van der Waals surface area (Å²) in [7, 11) is -3.95. The third-order valence-corrected chi connectivity index (χ3v) is 7.05. The van der Waals surface area contributed by atoms with Crippen molar-refractivity contribution in [2.24, 2.45) is 5.92 Å². The lowest BCUT2D eigenvalue weighted by Crippen LogP contribution is -2.38. The Kier molecular flexibility index (Phi) is 7.57. The van der Waals surface area contributed by atoms with Gasteiger partial charge >= 0.3 is 5.97 Å². The smallest absolute Gasteiger partial charge is 0.336 e. The SMILES string of the molecule is CC1=C(C(=O)CS(=O)(=O)NC(C)C)C(c2cccc([N+](=O)[O-])c2)C(C(=O)OCC2CC2)=C(C)N1. The Balaban J connectivity index is 2.07. The molecule has 0 aromatic heterocycles. The average molecular weight is 492 g/mol. The van der Waals surface area contributed by atoms with E-state index in [1.165, 1.54) is 18.2 Å². The Hall–Kier alpha value is -3.05. The minimum atomic E-state index is -3.95. The summed E-state index contributed by atoms with van der Waals surface area (Å²) in [4.78, 5) is 37.3. The molecule has 11 heteroatoms. The lowest BCUT2D eigenvalue weighted by atomic mass is 9.79. The zero-order chi connectivity index (χ0) is 25.2. The number of esters is 1. The van der Waals surface area contributed by atoms with Crippen LogP contribution in [0.1, 0.15) is 52.0 Å². The fourth-order valence-corrected chi connectivity index (χ4v) is 5.29. The number of dihydropyridines is 1. The molecule has 1 heterocycles. The van der Waals surface area contributed by atoms with Crippen molar-refractivity contribution < 1.29 is 27.7 Å². The normalized spacial score (nSPS) is 18.7. The number of hydrogen-bond donors (Lipinski definition) is 2. The number of carbonyl (C=O) groups excluding carboxylic acids is 2. The molecule has 1 aromatic rings. The number of non-ortho nitro benzene ring substituents is 1. The van der Waals surface area contributed by atoms with E-state index in [0.717, 1.165) is 12.8 Å². The molecule has 1 unspecified atom stereocenters. The predicted octanol–water partition coefficient (Wildman–Crippen LogP) is 2.68. The summed E-state index contributed by atoms with van der Waals surface area (Å²) in [5.41, 5.74) is 1.11. The molecule has 184 valence electrons. The number of nitro groups is 1. The van der Waals surface area contributed by atoms with Crippen LogP contribution in [-0.4, -0.2) is 43.5 Å². The highest BCUT2D eigenvalue weighted by molar-refractivity contribution is 7.90. The van der Waals surface area contributed by atoms with E-state index in [4.69, 9.17) is 4.74 Å². The van der Waals surface area contributed by atoms with E-state index in [9.17, 15) is 28.1 Å². The van der Waals surface area contributed by atoms with Crippen LogP contribution in [-0.2, 0) is 24.3 Å². The second-order valence-electron chi connectivity index (χ2n) is 8.98. The van der Waals surface area contributed by atoms with Gasteiger partial charge in [0.05, 0.1) is 17.1 Å². The second-order valence-corrected chi connectivity index (χ2v) is 10.7. The maximum atomic E-state index is 13.3. The maximum absolute atomic E-state index is 13.3. The highest BCUT2D eigenvalue weighted by Gasteiger charge is 2.39. The highest BCUT2D eigenvalue weighted by Crippen LogP contribution is 2.40. The first kappa shape index (κ1) is 25.6. The number of ketones is 1. The molecule has 1 aliphatic heterocycles. The molecular weight excluding hydrogens is 462 g/mol. The number of nitrogens with one attached hydrogen (secondary N) is 2. The molecule has 1 fully saturated rings. The molecule has 0 radical (unpaired) electrons. The minimum absolute atomic E-state index is 0.0543. The van der Waals surface area contributed by atoms with Gasteiger partial charge in [-0.1, -0.05) is 12.1 Å². The molecule has 0 spiro atoms. The van der Waals surface area contributed by atoms with Crippen molar-refractivity contribution in [2.75, 3.05) is 12.4 Å². The van der Waals surface area contributed by atoms with Crippen LogP contribution in [0.15, 0.2) is 46.8 Å². The first-order chi connectivity index (χ1) is 15.9. The molecule has 1 aromatic carbocycles. The summed E-state index contributed by atoms with van der Waals surface area (Å²) in [5.74, 6) is -2.89. The number of nitrogens with zero attached hydrogens (tertiary/aromatic N) is 1. The van der Waals surface area contributed by atoms with Gasteiger partial charge in [0.15, 0.2) is 5.78 Å². The van der Waals surface area contributed by atoms with E-state index in [-0.39, 0.29) is 23.4 Å². The Morgan fingerprint density at radius 1 is 1.21 bits per heavy atom. The van der Waals surface area contributed by atoms with Crippen LogP contribution in [0.25, 0.3) is 0 Å². The van der Waals surface area contributed by atoms with E-state index in [1.54, 1.807) is 33.8 Å². The van der Waals surface area contributed by atoms with Crippen LogP contribution in [0.3, 0.4) is 0 Å².